The van der Waals surface area contributed by atoms with E-state index in [1.165, 1.54) is 31.4 Å². The summed E-state index contributed by atoms with van der Waals surface area (Å²) in [5.74, 6) is 2.31. The average molecular weight is 395 g/mol. The van der Waals surface area contributed by atoms with Gasteiger partial charge in [-0.25, -0.2) is 0 Å². The summed E-state index contributed by atoms with van der Waals surface area (Å²) in [6, 6.07) is 8.88. The van der Waals surface area contributed by atoms with Crippen molar-refractivity contribution in [3.8, 4) is 11.4 Å². The van der Waals surface area contributed by atoms with Crippen molar-refractivity contribution in [1.29, 1.82) is 0 Å². The van der Waals surface area contributed by atoms with Crippen molar-refractivity contribution in [2.45, 2.75) is 63.8 Å². The number of carbonyl (C=O) groups is 1. The van der Waals surface area contributed by atoms with Crippen molar-refractivity contribution >= 4 is 11.6 Å². The maximum Gasteiger partial charge on any atom is 0.232 e. The molecule has 3 fully saturated rings. The van der Waals surface area contributed by atoms with Crippen LogP contribution in [0.4, 0.5) is 5.69 Å². The summed E-state index contributed by atoms with van der Waals surface area (Å²) >= 11 is 0. The number of anilines is 1. The zero-order chi connectivity index (χ0) is 19.8. The van der Waals surface area contributed by atoms with Gasteiger partial charge in [0, 0.05) is 43.3 Å². The molecule has 1 aliphatic carbocycles. The van der Waals surface area contributed by atoms with Gasteiger partial charge in [0.2, 0.25) is 17.6 Å². The van der Waals surface area contributed by atoms with E-state index in [2.05, 4.69) is 51.1 Å². The molecule has 0 radical (unpaired) electrons. The molecule has 0 unspecified atom stereocenters. The number of nitrogens with zero attached hydrogens (tertiary/aromatic N) is 4. The number of carbonyl (C=O) groups excluding carboxylic acids is 1. The Kier molecular flexibility index (Phi) is 5.02. The summed E-state index contributed by atoms with van der Waals surface area (Å²) in [6.45, 7) is 5.30. The summed E-state index contributed by atoms with van der Waals surface area (Å²) in [5.41, 5.74) is 2.23. The topological polar surface area (TPSA) is 62.5 Å². The molecule has 1 atom stereocenters. The molecule has 3 aliphatic rings. The maximum atomic E-state index is 12.5. The molecule has 6 nitrogen and oxygen atoms in total. The van der Waals surface area contributed by atoms with E-state index in [9.17, 15) is 4.79 Å². The lowest BCUT2D eigenvalue weighted by Gasteiger charge is -2.32. The molecular weight excluding hydrogens is 364 g/mol. The Morgan fingerprint density at radius 3 is 2.48 bits per heavy atom. The monoisotopic (exact) mass is 394 g/mol. The predicted octanol–water partition coefficient (Wildman–Crippen LogP) is 4.23. The van der Waals surface area contributed by atoms with Crippen LogP contribution in [0.25, 0.3) is 11.4 Å². The van der Waals surface area contributed by atoms with Gasteiger partial charge in [-0.2, -0.15) is 4.98 Å². The number of rotatable bonds is 4. The van der Waals surface area contributed by atoms with Crippen LogP contribution in [0.15, 0.2) is 28.8 Å². The molecule has 1 aromatic heterocycles. The van der Waals surface area contributed by atoms with E-state index in [0.717, 1.165) is 44.0 Å². The molecule has 0 spiro atoms. The minimum Gasteiger partial charge on any atom is -0.372 e. The Balaban J connectivity index is 1.26. The van der Waals surface area contributed by atoms with Gasteiger partial charge in [0.25, 0.3) is 0 Å². The van der Waals surface area contributed by atoms with E-state index in [1.807, 2.05) is 0 Å². The Bertz CT molecular complexity index is 848. The molecule has 29 heavy (non-hydrogen) atoms. The van der Waals surface area contributed by atoms with E-state index in [-0.39, 0.29) is 11.8 Å². The van der Waals surface area contributed by atoms with Crippen molar-refractivity contribution in [3.05, 3.63) is 30.2 Å². The van der Waals surface area contributed by atoms with Gasteiger partial charge in [-0.05, 0) is 55.9 Å². The maximum absolute atomic E-state index is 12.5. The second kappa shape index (κ2) is 7.81. The van der Waals surface area contributed by atoms with Crippen molar-refractivity contribution in [2.24, 2.45) is 5.92 Å². The van der Waals surface area contributed by atoms with Crippen LogP contribution in [-0.2, 0) is 4.79 Å². The molecule has 154 valence electrons. The van der Waals surface area contributed by atoms with Crippen LogP contribution in [0.1, 0.15) is 63.7 Å². The standard InChI is InChI=1S/C23H30N4O2/c1-16-10-12-26(13-11-16)19-8-6-17(7-9-19)22-24-23(29-25-22)18-14-21(28)27(15-18)20-4-2-3-5-20/h6-9,16,18,20H,2-5,10-15H2,1H3/t18-/m1/s1. The first-order valence-electron chi connectivity index (χ1n) is 11.2. The highest BCUT2D eigenvalue weighted by Crippen LogP contribution is 2.34. The number of piperidine rings is 1. The van der Waals surface area contributed by atoms with Crippen LogP contribution in [0.2, 0.25) is 0 Å². The first kappa shape index (κ1) is 18.6. The third-order valence-corrected chi connectivity index (χ3v) is 6.99. The summed E-state index contributed by atoms with van der Waals surface area (Å²) in [7, 11) is 0. The Morgan fingerprint density at radius 1 is 1.03 bits per heavy atom. The number of amides is 1. The van der Waals surface area contributed by atoms with Crippen LogP contribution in [0.5, 0.6) is 0 Å². The lowest BCUT2D eigenvalue weighted by molar-refractivity contribution is -0.129. The zero-order valence-corrected chi connectivity index (χ0v) is 17.2. The molecule has 0 bridgehead atoms. The van der Waals surface area contributed by atoms with Crippen LogP contribution in [0.3, 0.4) is 0 Å². The van der Waals surface area contributed by atoms with Gasteiger partial charge in [0.1, 0.15) is 0 Å². The summed E-state index contributed by atoms with van der Waals surface area (Å²) < 4.78 is 5.57. The second-order valence-corrected chi connectivity index (χ2v) is 9.06. The first-order chi connectivity index (χ1) is 14.2. The van der Waals surface area contributed by atoms with E-state index >= 15 is 0 Å². The number of aromatic nitrogens is 2. The second-order valence-electron chi connectivity index (χ2n) is 9.06. The fraction of sp³-hybridized carbons (Fsp3) is 0.609. The van der Waals surface area contributed by atoms with Gasteiger partial charge >= 0.3 is 0 Å². The molecule has 1 saturated carbocycles. The van der Waals surface area contributed by atoms with Crippen LogP contribution >= 0.6 is 0 Å². The van der Waals surface area contributed by atoms with Crippen molar-refractivity contribution < 1.29 is 9.32 Å². The first-order valence-corrected chi connectivity index (χ1v) is 11.2. The van der Waals surface area contributed by atoms with E-state index < -0.39 is 0 Å². The van der Waals surface area contributed by atoms with Crippen molar-refractivity contribution in [1.82, 2.24) is 15.0 Å². The summed E-state index contributed by atoms with van der Waals surface area (Å²) in [4.78, 5) is 21.6. The third-order valence-electron chi connectivity index (χ3n) is 6.99. The molecule has 2 aliphatic heterocycles. The molecule has 0 N–H and O–H groups in total. The van der Waals surface area contributed by atoms with E-state index in [4.69, 9.17) is 4.52 Å². The minimum atomic E-state index is 0.0268. The molecule has 1 amide bonds. The largest absolute Gasteiger partial charge is 0.372 e. The highest BCUT2D eigenvalue weighted by atomic mass is 16.5. The molecular formula is C23H30N4O2. The molecule has 5 rings (SSSR count). The van der Waals surface area contributed by atoms with Gasteiger partial charge in [-0.1, -0.05) is 24.9 Å². The van der Waals surface area contributed by atoms with Gasteiger partial charge in [0.15, 0.2) is 0 Å². The fourth-order valence-electron chi connectivity index (χ4n) is 5.07. The van der Waals surface area contributed by atoms with Gasteiger partial charge in [-0.15, -0.1) is 0 Å². The Hall–Kier alpha value is -2.37. The third kappa shape index (κ3) is 3.77. The lowest BCUT2D eigenvalue weighted by Crippen LogP contribution is -2.34. The molecule has 2 aromatic rings. The smallest absolute Gasteiger partial charge is 0.232 e. The summed E-state index contributed by atoms with van der Waals surface area (Å²) in [5, 5.41) is 4.20. The number of likely N-dealkylation sites (tertiary alicyclic amines) is 1. The summed E-state index contributed by atoms with van der Waals surface area (Å²) in [6.07, 6.45) is 7.74. The van der Waals surface area contributed by atoms with E-state index in [0.29, 0.717) is 24.2 Å². The average Bonchev–Trinajstić information content (AvgIpc) is 3.49. The quantitative estimate of drug-likeness (QED) is 0.776. The molecule has 2 saturated heterocycles. The van der Waals surface area contributed by atoms with Crippen molar-refractivity contribution in [3.63, 3.8) is 0 Å². The lowest BCUT2D eigenvalue weighted by atomic mass is 9.98. The zero-order valence-electron chi connectivity index (χ0n) is 17.2. The molecule has 6 heteroatoms. The Labute approximate surface area is 172 Å². The van der Waals surface area contributed by atoms with Gasteiger partial charge < -0.3 is 14.3 Å². The number of hydrogen-bond donors (Lipinski definition) is 0. The highest BCUT2D eigenvalue weighted by Gasteiger charge is 2.38. The van der Waals surface area contributed by atoms with Gasteiger partial charge in [-0.3, -0.25) is 4.79 Å². The number of hydrogen-bond acceptors (Lipinski definition) is 5. The number of benzene rings is 1. The van der Waals surface area contributed by atoms with Crippen molar-refractivity contribution in [2.75, 3.05) is 24.5 Å². The molecule has 3 heterocycles. The fourth-order valence-corrected chi connectivity index (χ4v) is 5.07. The van der Waals surface area contributed by atoms with Crippen LogP contribution in [0, 0.1) is 5.92 Å². The van der Waals surface area contributed by atoms with E-state index in [1.54, 1.807) is 0 Å². The Morgan fingerprint density at radius 2 is 1.76 bits per heavy atom. The van der Waals surface area contributed by atoms with Crippen LogP contribution < -0.4 is 4.90 Å². The highest BCUT2D eigenvalue weighted by molar-refractivity contribution is 5.80. The molecule has 1 aromatic carbocycles. The predicted molar refractivity (Wildman–Crippen MR) is 112 cm³/mol. The van der Waals surface area contributed by atoms with Crippen LogP contribution in [-0.4, -0.2) is 46.6 Å². The SMILES string of the molecule is CC1CCN(c2ccc(-c3noc([C@@H]4CC(=O)N(C5CCCC5)C4)n3)cc2)CC1. The normalized spacial score (nSPS) is 24.0. The van der Waals surface area contributed by atoms with Gasteiger partial charge in [0.05, 0.1) is 5.92 Å². The minimum absolute atomic E-state index is 0.0268.